The summed E-state index contributed by atoms with van der Waals surface area (Å²) < 4.78 is 44.8. The molecule has 7 heteroatoms. The zero-order valence-corrected chi connectivity index (χ0v) is 9.14. The molecular weight excluding hydrogens is 247 g/mol. The van der Waals surface area contributed by atoms with Gasteiger partial charge in [0.1, 0.15) is 12.4 Å². The van der Waals surface area contributed by atoms with Gasteiger partial charge >= 0.3 is 6.18 Å². The lowest BCUT2D eigenvalue weighted by molar-refractivity contribution is -0.173. The minimum atomic E-state index is -4.29. The van der Waals surface area contributed by atoms with E-state index < -0.39 is 12.8 Å². The fourth-order valence-corrected chi connectivity index (χ4v) is 1.18. The van der Waals surface area contributed by atoms with E-state index in [0.717, 1.165) is 0 Å². The smallest absolute Gasteiger partial charge is 0.411 e. The van der Waals surface area contributed by atoms with Crippen LogP contribution in [0.4, 0.5) is 13.2 Å². The summed E-state index contributed by atoms with van der Waals surface area (Å²) in [5.41, 5.74) is 0. The van der Waals surface area contributed by atoms with Gasteiger partial charge in [-0.05, 0) is 0 Å². The lowest BCUT2D eigenvalue weighted by atomic mass is 10.4. The minimum Gasteiger partial charge on any atom is -0.446 e. The Morgan fingerprint density at radius 2 is 2.12 bits per heavy atom. The quantitative estimate of drug-likeness (QED) is 0.580. The molecule has 1 heterocycles. The third-order valence-corrected chi connectivity index (χ3v) is 1.86. The number of halogens is 4. The largest absolute Gasteiger partial charge is 0.446 e. The van der Waals surface area contributed by atoms with Crippen LogP contribution in [0.1, 0.15) is 11.7 Å². The van der Waals surface area contributed by atoms with Gasteiger partial charge in [-0.2, -0.15) is 13.2 Å². The Balaban J connectivity index is 2.21. The monoisotopic (exact) mass is 257 g/mol. The van der Waals surface area contributed by atoms with Crippen LogP contribution in [0.3, 0.4) is 0 Å². The first-order valence-electron chi connectivity index (χ1n) is 4.65. The van der Waals surface area contributed by atoms with Crippen LogP contribution < -0.4 is 0 Å². The Hall–Kier alpha value is -0.750. The van der Waals surface area contributed by atoms with Gasteiger partial charge in [0.25, 0.3) is 0 Å². The first-order chi connectivity index (χ1) is 7.51. The molecule has 0 saturated heterocycles. The molecular formula is C9H11ClF3NO2. The molecule has 0 bridgehead atoms. The van der Waals surface area contributed by atoms with Crippen LogP contribution in [0, 0.1) is 0 Å². The maximum Gasteiger partial charge on any atom is 0.411 e. The van der Waals surface area contributed by atoms with Crippen molar-refractivity contribution in [2.75, 3.05) is 19.1 Å². The van der Waals surface area contributed by atoms with Crippen molar-refractivity contribution in [1.82, 2.24) is 4.98 Å². The molecule has 0 radical (unpaired) electrons. The molecule has 0 aliphatic carbocycles. The molecule has 0 unspecified atom stereocenters. The number of hydrogen-bond acceptors (Lipinski definition) is 3. The van der Waals surface area contributed by atoms with E-state index in [0.29, 0.717) is 24.0 Å². The van der Waals surface area contributed by atoms with E-state index in [1.165, 1.54) is 6.20 Å². The van der Waals surface area contributed by atoms with Crippen LogP contribution in [0.5, 0.6) is 0 Å². The van der Waals surface area contributed by atoms with Gasteiger partial charge in [-0.3, -0.25) is 0 Å². The van der Waals surface area contributed by atoms with E-state index in [4.69, 9.17) is 16.0 Å². The maximum absolute atomic E-state index is 11.7. The summed E-state index contributed by atoms with van der Waals surface area (Å²) in [5.74, 6) is 1.38. The lowest BCUT2D eigenvalue weighted by Gasteiger charge is -2.05. The molecule has 16 heavy (non-hydrogen) atoms. The van der Waals surface area contributed by atoms with Crippen LogP contribution in [0.2, 0.25) is 0 Å². The second-order valence-electron chi connectivity index (χ2n) is 3.08. The maximum atomic E-state index is 11.7. The highest BCUT2D eigenvalue weighted by molar-refractivity contribution is 6.17. The van der Waals surface area contributed by atoms with Gasteiger partial charge < -0.3 is 9.15 Å². The first-order valence-corrected chi connectivity index (χ1v) is 5.19. The highest BCUT2D eigenvalue weighted by Gasteiger charge is 2.27. The highest BCUT2D eigenvalue weighted by Crippen LogP contribution is 2.14. The molecule has 1 rings (SSSR count). The van der Waals surface area contributed by atoms with Crippen molar-refractivity contribution in [1.29, 1.82) is 0 Å². The Morgan fingerprint density at radius 1 is 1.38 bits per heavy atom. The standard InChI is InChI=1S/C9H11ClF3NO2/c10-3-1-8-14-5-7(16-8)2-4-15-6-9(11,12)13/h5H,1-4,6H2. The van der Waals surface area contributed by atoms with Gasteiger partial charge in [0.15, 0.2) is 5.89 Å². The number of nitrogens with zero attached hydrogens (tertiary/aromatic N) is 1. The Labute approximate surface area is 95.5 Å². The van der Waals surface area contributed by atoms with Gasteiger partial charge in [0, 0.05) is 18.7 Å². The summed E-state index contributed by atoms with van der Waals surface area (Å²) >= 11 is 5.47. The molecule has 0 N–H and O–H groups in total. The topological polar surface area (TPSA) is 35.3 Å². The number of hydrogen-bond donors (Lipinski definition) is 0. The van der Waals surface area contributed by atoms with E-state index in [9.17, 15) is 13.2 Å². The van der Waals surface area contributed by atoms with Crippen LogP contribution in [0.25, 0.3) is 0 Å². The van der Waals surface area contributed by atoms with Crippen LogP contribution >= 0.6 is 11.6 Å². The summed E-state index contributed by atoms with van der Waals surface area (Å²) in [6, 6.07) is 0. The van der Waals surface area contributed by atoms with E-state index in [2.05, 4.69) is 9.72 Å². The van der Waals surface area contributed by atoms with Crippen molar-refractivity contribution in [3.63, 3.8) is 0 Å². The molecule has 1 aromatic rings. The molecule has 0 atom stereocenters. The SMILES string of the molecule is FC(F)(F)COCCc1cnc(CCCl)o1. The van der Waals surface area contributed by atoms with Gasteiger partial charge in [0.05, 0.1) is 12.8 Å². The molecule has 0 saturated carbocycles. The average Bonchev–Trinajstić information content (AvgIpc) is 2.60. The molecule has 1 aromatic heterocycles. The number of ether oxygens (including phenoxy) is 1. The van der Waals surface area contributed by atoms with Gasteiger partial charge in [-0.25, -0.2) is 4.98 Å². The molecule has 92 valence electrons. The third kappa shape index (κ3) is 5.37. The molecule has 0 aromatic carbocycles. The van der Waals surface area contributed by atoms with Crippen molar-refractivity contribution in [3.05, 3.63) is 17.8 Å². The molecule has 0 aliphatic rings. The van der Waals surface area contributed by atoms with Gasteiger partial charge in [-0.15, -0.1) is 11.6 Å². The van der Waals surface area contributed by atoms with Crippen molar-refractivity contribution >= 4 is 11.6 Å². The normalized spacial score (nSPS) is 12.0. The zero-order chi connectivity index (χ0) is 12.0. The summed E-state index contributed by atoms with van der Waals surface area (Å²) in [7, 11) is 0. The minimum absolute atomic E-state index is 0.0466. The van der Waals surface area contributed by atoms with Gasteiger partial charge in [-0.1, -0.05) is 0 Å². The van der Waals surface area contributed by atoms with Crippen molar-refractivity contribution < 1.29 is 22.3 Å². The van der Waals surface area contributed by atoms with Crippen molar-refractivity contribution in [3.8, 4) is 0 Å². The first kappa shape index (κ1) is 13.3. The Bertz CT molecular complexity index is 314. The Kier molecular flexibility index (Phi) is 5.08. The zero-order valence-electron chi connectivity index (χ0n) is 8.39. The van der Waals surface area contributed by atoms with Crippen LogP contribution in [-0.4, -0.2) is 30.3 Å². The van der Waals surface area contributed by atoms with Crippen LogP contribution in [0.15, 0.2) is 10.6 Å². The van der Waals surface area contributed by atoms with Crippen molar-refractivity contribution in [2.45, 2.75) is 19.0 Å². The Morgan fingerprint density at radius 3 is 2.75 bits per heavy atom. The summed E-state index contributed by atoms with van der Waals surface area (Å²) in [6.07, 6.45) is -2.04. The number of aromatic nitrogens is 1. The highest BCUT2D eigenvalue weighted by atomic mass is 35.5. The lowest BCUT2D eigenvalue weighted by Crippen LogP contribution is -2.17. The number of oxazole rings is 1. The molecule has 0 amide bonds. The average molecular weight is 258 g/mol. The fraction of sp³-hybridized carbons (Fsp3) is 0.667. The summed E-state index contributed by atoms with van der Waals surface area (Å²) in [4.78, 5) is 3.90. The van der Waals surface area contributed by atoms with Crippen LogP contribution in [-0.2, 0) is 17.6 Å². The third-order valence-electron chi connectivity index (χ3n) is 1.67. The second-order valence-corrected chi connectivity index (χ2v) is 3.46. The van der Waals surface area contributed by atoms with Gasteiger partial charge in [0.2, 0.25) is 0 Å². The molecule has 0 spiro atoms. The number of aryl methyl sites for hydroxylation is 1. The molecule has 0 aliphatic heterocycles. The fourth-order valence-electron chi connectivity index (χ4n) is 1.02. The molecule has 3 nitrogen and oxygen atoms in total. The second kappa shape index (κ2) is 6.10. The predicted octanol–water partition coefficient (Wildman–Crippen LogP) is 2.58. The van der Waals surface area contributed by atoms with E-state index in [-0.39, 0.29) is 13.0 Å². The van der Waals surface area contributed by atoms with E-state index >= 15 is 0 Å². The summed E-state index contributed by atoms with van der Waals surface area (Å²) in [6.45, 7) is -1.29. The molecule has 0 fully saturated rings. The van der Waals surface area contributed by atoms with E-state index in [1.807, 2.05) is 0 Å². The predicted molar refractivity (Wildman–Crippen MR) is 51.5 cm³/mol. The summed E-state index contributed by atoms with van der Waals surface area (Å²) in [5, 5.41) is 0. The number of rotatable bonds is 6. The number of alkyl halides is 4. The van der Waals surface area contributed by atoms with E-state index in [1.54, 1.807) is 0 Å². The van der Waals surface area contributed by atoms with Crippen molar-refractivity contribution in [2.24, 2.45) is 0 Å².